The number of nitrogens with two attached hydrogens (primary N) is 1. The summed E-state index contributed by atoms with van der Waals surface area (Å²) in [5.74, 6) is 9.28. The second kappa shape index (κ2) is 18.1. The van der Waals surface area contributed by atoms with Gasteiger partial charge in [0.15, 0.2) is 23.3 Å². The van der Waals surface area contributed by atoms with E-state index in [9.17, 15) is 4.79 Å². The molecule has 0 saturated heterocycles. The summed E-state index contributed by atoms with van der Waals surface area (Å²) in [6, 6.07) is 16.0. The number of nitrogen functional groups attached to an aromatic ring is 1. The van der Waals surface area contributed by atoms with E-state index in [1.54, 1.807) is 57.6 Å². The quantitative estimate of drug-likeness (QED) is 0.0559. The molecule has 1 atom stereocenters. The summed E-state index contributed by atoms with van der Waals surface area (Å²) in [6.45, 7) is 3.54. The number of carbonyl (C=O) groups is 1. The third-order valence-corrected chi connectivity index (χ3v) is 8.64. The number of alkyl halides is 1. The molecule has 0 aliphatic rings. The standard InChI is InChI=1S/C23H20Cl3N3O3.C12H13N3O3.ClH/c1-13-27-12-20(31-13)17-9-8-14(11-19(17)30-2)22-28-29-23(32-22)16(6-4-10-24)15-5-3-7-18(25)21(15)26;1-7-14-6-11(18-7)9-4-3-8(12(16)15-13)5-10(9)17-2;/h3,5,7-9,11-12,16H,4,6,10H2,1-2H3;3-6H,13H2,1-2H3,(H,15,16);1H. The molecule has 51 heavy (non-hydrogen) atoms. The number of amides is 1. The van der Waals surface area contributed by atoms with Crippen molar-refractivity contribution in [2.75, 3.05) is 20.1 Å². The fourth-order valence-electron chi connectivity index (χ4n) is 5.09. The van der Waals surface area contributed by atoms with Crippen LogP contribution in [0.4, 0.5) is 0 Å². The molecule has 3 aromatic carbocycles. The van der Waals surface area contributed by atoms with Crippen LogP contribution >= 0.6 is 47.2 Å². The lowest BCUT2D eigenvalue weighted by molar-refractivity contribution is 0.0953. The molecule has 6 rings (SSSR count). The fourth-order valence-corrected chi connectivity index (χ4v) is 5.69. The number of hydrazine groups is 1. The van der Waals surface area contributed by atoms with Crippen LogP contribution in [0.25, 0.3) is 34.1 Å². The summed E-state index contributed by atoms with van der Waals surface area (Å²) in [6.07, 6.45) is 4.72. The monoisotopic (exact) mass is 774 g/mol. The number of oxazole rings is 2. The molecular weight excluding hydrogens is 742 g/mol. The number of halogens is 4. The van der Waals surface area contributed by atoms with Gasteiger partial charge in [0.1, 0.15) is 11.5 Å². The van der Waals surface area contributed by atoms with E-state index in [0.717, 1.165) is 23.1 Å². The van der Waals surface area contributed by atoms with Crippen molar-refractivity contribution < 1.29 is 27.5 Å². The maximum absolute atomic E-state index is 11.4. The number of hydrogen-bond donors (Lipinski definition) is 2. The van der Waals surface area contributed by atoms with Crippen molar-refractivity contribution in [2.24, 2.45) is 5.84 Å². The molecule has 3 aromatic heterocycles. The Kier molecular flexibility index (Phi) is 13.9. The van der Waals surface area contributed by atoms with Gasteiger partial charge in [0.05, 0.1) is 53.7 Å². The van der Waals surface area contributed by atoms with Crippen LogP contribution in [-0.4, -0.2) is 46.2 Å². The van der Waals surface area contributed by atoms with Crippen LogP contribution < -0.4 is 20.7 Å². The molecule has 6 aromatic rings. The molecule has 12 nitrogen and oxygen atoms in total. The van der Waals surface area contributed by atoms with Crippen molar-refractivity contribution in [1.29, 1.82) is 0 Å². The first-order valence-electron chi connectivity index (χ1n) is 15.2. The average Bonchev–Trinajstić information content (AvgIpc) is 3.91. The second-order valence-electron chi connectivity index (χ2n) is 10.8. The van der Waals surface area contributed by atoms with Gasteiger partial charge in [-0.05, 0) is 60.9 Å². The number of methoxy groups -OCH3 is 2. The van der Waals surface area contributed by atoms with Crippen LogP contribution in [-0.2, 0) is 0 Å². The smallest absolute Gasteiger partial charge is 0.265 e. The van der Waals surface area contributed by atoms with Crippen LogP contribution in [0.15, 0.2) is 80.2 Å². The Labute approximate surface area is 315 Å². The first kappa shape index (κ1) is 39.2. The Bertz CT molecular complexity index is 2080. The number of hydrogen-bond acceptors (Lipinski definition) is 11. The molecule has 0 fully saturated rings. The van der Waals surface area contributed by atoms with Crippen molar-refractivity contribution in [1.82, 2.24) is 25.6 Å². The SMILES string of the molecule is COc1cc(-c2nnc(C(CCCCl)c3cccc(Cl)c3Cl)o2)ccc1-c1cnc(C)o1.COc1cc(C(=O)NN)ccc1-c1cnc(C)o1.Cl. The lowest BCUT2D eigenvalue weighted by Crippen LogP contribution is -2.29. The van der Waals surface area contributed by atoms with E-state index in [1.165, 1.54) is 7.11 Å². The van der Waals surface area contributed by atoms with Crippen LogP contribution in [0.2, 0.25) is 10.0 Å². The zero-order valence-electron chi connectivity index (χ0n) is 27.9. The number of nitrogens with zero attached hydrogens (tertiary/aromatic N) is 4. The minimum Gasteiger partial charge on any atom is -0.496 e. The van der Waals surface area contributed by atoms with Crippen molar-refractivity contribution in [3.63, 3.8) is 0 Å². The number of carbonyl (C=O) groups excluding carboxylic acids is 1. The maximum atomic E-state index is 11.4. The van der Waals surface area contributed by atoms with Gasteiger partial charge in [-0.3, -0.25) is 10.2 Å². The van der Waals surface area contributed by atoms with E-state index in [-0.39, 0.29) is 24.2 Å². The number of nitrogens with one attached hydrogen (secondary N) is 1. The molecule has 0 radical (unpaired) electrons. The van der Waals surface area contributed by atoms with Crippen LogP contribution in [0.3, 0.4) is 0 Å². The van der Waals surface area contributed by atoms with Crippen molar-refractivity contribution in [3.05, 3.63) is 106 Å². The molecule has 16 heteroatoms. The molecule has 3 N–H and O–H groups in total. The predicted molar refractivity (Wildman–Crippen MR) is 197 cm³/mol. The highest BCUT2D eigenvalue weighted by molar-refractivity contribution is 6.42. The Morgan fingerprint density at radius 1 is 0.882 bits per heavy atom. The van der Waals surface area contributed by atoms with Crippen LogP contribution in [0.1, 0.15) is 52.4 Å². The topological polar surface area (TPSA) is 165 Å². The van der Waals surface area contributed by atoms with E-state index in [2.05, 4.69) is 25.6 Å². The van der Waals surface area contributed by atoms with Crippen LogP contribution in [0.5, 0.6) is 11.5 Å². The number of ether oxygens (including phenoxy) is 2. The fraction of sp³-hybridized carbons (Fsp3) is 0.229. The van der Waals surface area contributed by atoms with Crippen molar-refractivity contribution in [2.45, 2.75) is 32.6 Å². The van der Waals surface area contributed by atoms with Gasteiger partial charge >= 0.3 is 0 Å². The van der Waals surface area contributed by atoms with Crippen molar-refractivity contribution in [3.8, 4) is 45.6 Å². The Morgan fingerprint density at radius 3 is 2.08 bits per heavy atom. The number of benzene rings is 3. The van der Waals surface area contributed by atoms with Gasteiger partial charge < -0.3 is 22.7 Å². The van der Waals surface area contributed by atoms with Crippen molar-refractivity contribution >= 4 is 53.1 Å². The zero-order valence-corrected chi connectivity index (χ0v) is 31.0. The summed E-state index contributed by atoms with van der Waals surface area (Å²) >= 11 is 18.6. The second-order valence-corrected chi connectivity index (χ2v) is 11.9. The van der Waals surface area contributed by atoms with Gasteiger partial charge in [0, 0.05) is 30.9 Å². The third-order valence-electron chi connectivity index (χ3n) is 7.54. The largest absolute Gasteiger partial charge is 0.496 e. The molecule has 0 spiro atoms. The van der Waals surface area contributed by atoms with Crippen LogP contribution in [0, 0.1) is 13.8 Å². The van der Waals surface area contributed by atoms with Gasteiger partial charge in [-0.15, -0.1) is 34.2 Å². The van der Waals surface area contributed by atoms with Gasteiger partial charge in [-0.25, -0.2) is 15.8 Å². The summed E-state index contributed by atoms with van der Waals surface area (Å²) < 4.78 is 27.9. The van der Waals surface area contributed by atoms with E-state index in [4.69, 9.17) is 63.4 Å². The van der Waals surface area contributed by atoms with Gasteiger partial charge in [0.2, 0.25) is 11.8 Å². The van der Waals surface area contributed by atoms with E-state index < -0.39 is 0 Å². The molecule has 0 saturated carbocycles. The molecule has 3 heterocycles. The molecule has 1 amide bonds. The lowest BCUT2D eigenvalue weighted by Gasteiger charge is -2.15. The Balaban J connectivity index is 0.000000261. The first-order valence-corrected chi connectivity index (χ1v) is 16.5. The highest BCUT2D eigenvalue weighted by Crippen LogP contribution is 2.39. The third kappa shape index (κ3) is 9.21. The lowest BCUT2D eigenvalue weighted by atomic mass is 9.94. The molecule has 268 valence electrons. The molecular formula is C35H34Cl4N6O6. The Hall–Kier alpha value is -4.59. The summed E-state index contributed by atoms with van der Waals surface area (Å²) in [5.41, 5.74) is 5.53. The summed E-state index contributed by atoms with van der Waals surface area (Å²) in [5, 5.41) is 9.51. The predicted octanol–water partition coefficient (Wildman–Crippen LogP) is 8.85. The van der Waals surface area contributed by atoms with E-state index in [1.807, 2.05) is 30.3 Å². The minimum atomic E-state index is -0.381. The molecule has 0 aliphatic heterocycles. The van der Waals surface area contributed by atoms with Gasteiger partial charge in [-0.2, -0.15) is 0 Å². The maximum Gasteiger partial charge on any atom is 0.265 e. The molecule has 1 unspecified atom stereocenters. The average molecular weight is 777 g/mol. The molecule has 0 aliphatic carbocycles. The summed E-state index contributed by atoms with van der Waals surface area (Å²) in [4.78, 5) is 19.6. The van der Waals surface area contributed by atoms with Gasteiger partial charge in [-0.1, -0.05) is 35.3 Å². The minimum absolute atomic E-state index is 0. The van der Waals surface area contributed by atoms with E-state index in [0.29, 0.717) is 80.1 Å². The summed E-state index contributed by atoms with van der Waals surface area (Å²) in [7, 11) is 3.11. The zero-order chi connectivity index (χ0) is 35.8. The number of rotatable bonds is 11. The highest BCUT2D eigenvalue weighted by Gasteiger charge is 2.25. The number of aryl methyl sites for hydroxylation is 2. The molecule has 0 bridgehead atoms. The normalized spacial score (nSPS) is 11.2. The highest BCUT2D eigenvalue weighted by atomic mass is 35.5. The van der Waals surface area contributed by atoms with E-state index >= 15 is 0 Å². The number of aromatic nitrogens is 4. The Morgan fingerprint density at radius 2 is 1.51 bits per heavy atom. The van der Waals surface area contributed by atoms with Gasteiger partial charge in [0.25, 0.3) is 5.91 Å². The first-order chi connectivity index (χ1) is 24.2.